The first-order chi connectivity index (χ1) is 3.43. The Kier molecular flexibility index (Phi) is 1.05. The topological polar surface area (TPSA) is 36.7 Å². The third-order valence-corrected chi connectivity index (χ3v) is 1.04. The molecule has 0 saturated carbocycles. The number of nitriles is 1. The molecule has 0 N–H and O–H groups in total. The molecule has 33 valence electrons. The summed E-state index contributed by atoms with van der Waals surface area (Å²) in [7, 11) is 0. The maximum absolute atomic E-state index is 8.10. The standard InChI is InChI=1S/C4HN2S/c5-1-4-2-7-3-6-4/h2H. The molecule has 0 aromatic carbocycles. The van der Waals surface area contributed by atoms with Gasteiger partial charge in [-0.3, -0.25) is 0 Å². The van der Waals surface area contributed by atoms with E-state index in [1.54, 1.807) is 5.38 Å². The number of hydrogen-bond acceptors (Lipinski definition) is 3. The van der Waals surface area contributed by atoms with Gasteiger partial charge in [0.05, 0.1) is 0 Å². The van der Waals surface area contributed by atoms with Gasteiger partial charge in [-0.05, 0) is 0 Å². The van der Waals surface area contributed by atoms with Crippen molar-refractivity contribution in [3.63, 3.8) is 0 Å². The molecule has 0 atom stereocenters. The minimum atomic E-state index is 0.449. The van der Waals surface area contributed by atoms with Crippen molar-refractivity contribution in [1.82, 2.24) is 4.98 Å². The van der Waals surface area contributed by atoms with E-state index in [1.165, 1.54) is 11.3 Å². The van der Waals surface area contributed by atoms with Crippen LogP contribution in [0, 0.1) is 16.8 Å². The Morgan fingerprint density at radius 1 is 2.00 bits per heavy atom. The fourth-order valence-electron chi connectivity index (χ4n) is 0.235. The van der Waals surface area contributed by atoms with Crippen LogP contribution in [0.25, 0.3) is 0 Å². The van der Waals surface area contributed by atoms with Crippen molar-refractivity contribution in [3.05, 3.63) is 16.6 Å². The van der Waals surface area contributed by atoms with Crippen LogP contribution in [0.3, 0.4) is 0 Å². The van der Waals surface area contributed by atoms with Gasteiger partial charge in [-0.1, -0.05) is 0 Å². The first kappa shape index (κ1) is 4.28. The van der Waals surface area contributed by atoms with Gasteiger partial charge in [0.1, 0.15) is 6.07 Å². The van der Waals surface area contributed by atoms with Crippen LogP contribution in [-0.2, 0) is 0 Å². The molecule has 1 radical (unpaired) electrons. The monoisotopic (exact) mass is 109 g/mol. The highest BCUT2D eigenvalue weighted by atomic mass is 32.1. The van der Waals surface area contributed by atoms with E-state index in [-0.39, 0.29) is 0 Å². The molecule has 0 fully saturated rings. The van der Waals surface area contributed by atoms with E-state index in [4.69, 9.17) is 5.26 Å². The number of aromatic nitrogens is 1. The van der Waals surface area contributed by atoms with E-state index in [9.17, 15) is 0 Å². The van der Waals surface area contributed by atoms with Crippen LogP contribution in [0.5, 0.6) is 0 Å². The largest absolute Gasteiger partial charge is 0.223 e. The van der Waals surface area contributed by atoms with Gasteiger partial charge in [-0.25, -0.2) is 4.98 Å². The fourth-order valence-corrected chi connectivity index (χ4v) is 0.656. The van der Waals surface area contributed by atoms with Crippen LogP contribution in [0.4, 0.5) is 0 Å². The summed E-state index contributed by atoms with van der Waals surface area (Å²) in [6, 6.07) is 1.88. The Hall–Kier alpha value is -0.880. The van der Waals surface area contributed by atoms with Crippen molar-refractivity contribution in [1.29, 1.82) is 5.26 Å². The zero-order valence-corrected chi connectivity index (χ0v) is 4.20. The molecule has 0 aliphatic carbocycles. The van der Waals surface area contributed by atoms with Crippen molar-refractivity contribution >= 4 is 11.3 Å². The van der Waals surface area contributed by atoms with Gasteiger partial charge in [-0.15, -0.1) is 11.3 Å². The molecule has 0 aliphatic rings. The first-order valence-corrected chi connectivity index (χ1v) is 2.53. The number of rotatable bonds is 0. The molecule has 0 unspecified atom stereocenters. The summed E-state index contributed by atoms with van der Waals surface area (Å²) in [5.74, 6) is 0. The van der Waals surface area contributed by atoms with Crippen molar-refractivity contribution in [2.75, 3.05) is 0 Å². The third-order valence-electron chi connectivity index (χ3n) is 0.504. The highest BCUT2D eigenvalue weighted by molar-refractivity contribution is 7.07. The summed E-state index contributed by atoms with van der Waals surface area (Å²) in [5, 5.41) is 9.75. The molecular weight excluding hydrogens is 108 g/mol. The molecule has 3 heteroatoms. The van der Waals surface area contributed by atoms with E-state index < -0.39 is 0 Å². The summed E-state index contributed by atoms with van der Waals surface area (Å²) in [5.41, 5.74) is 3.00. The van der Waals surface area contributed by atoms with Gasteiger partial charge in [-0.2, -0.15) is 5.26 Å². The van der Waals surface area contributed by atoms with E-state index >= 15 is 0 Å². The Bertz CT molecular complexity index is 172. The van der Waals surface area contributed by atoms with Gasteiger partial charge in [0.2, 0.25) is 0 Å². The summed E-state index contributed by atoms with van der Waals surface area (Å²) in [4.78, 5) is 3.57. The van der Waals surface area contributed by atoms with Crippen LogP contribution >= 0.6 is 11.3 Å². The second-order valence-corrected chi connectivity index (χ2v) is 1.59. The SMILES string of the molecule is N#Cc1cs[c]n1. The van der Waals surface area contributed by atoms with Gasteiger partial charge < -0.3 is 0 Å². The Balaban J connectivity index is 3.04. The van der Waals surface area contributed by atoms with Crippen LogP contribution in [0.2, 0.25) is 0 Å². The molecule has 1 aromatic rings. The maximum atomic E-state index is 8.10. The molecular formula is C4HN2S. The molecule has 2 nitrogen and oxygen atoms in total. The van der Waals surface area contributed by atoms with Crippen LogP contribution in [0.15, 0.2) is 5.38 Å². The van der Waals surface area contributed by atoms with Crippen LogP contribution in [0.1, 0.15) is 5.69 Å². The highest BCUT2D eigenvalue weighted by Crippen LogP contribution is 1.95. The zero-order valence-electron chi connectivity index (χ0n) is 3.38. The lowest BCUT2D eigenvalue weighted by atomic mass is 10.6. The third kappa shape index (κ3) is 0.756. The Morgan fingerprint density at radius 3 is 3.14 bits per heavy atom. The maximum Gasteiger partial charge on any atom is 0.153 e. The lowest BCUT2D eigenvalue weighted by molar-refractivity contribution is 1.33. The van der Waals surface area contributed by atoms with E-state index in [0.717, 1.165) is 0 Å². The Labute approximate surface area is 45.0 Å². The normalized spacial score (nSPS) is 7.86. The van der Waals surface area contributed by atoms with Crippen LogP contribution < -0.4 is 0 Å². The van der Waals surface area contributed by atoms with E-state index in [2.05, 4.69) is 10.5 Å². The molecule has 0 spiro atoms. The predicted molar refractivity (Wildman–Crippen MR) is 25.7 cm³/mol. The summed E-state index contributed by atoms with van der Waals surface area (Å²) >= 11 is 1.31. The molecule has 0 amide bonds. The van der Waals surface area contributed by atoms with Crippen molar-refractivity contribution in [2.24, 2.45) is 0 Å². The molecule has 1 aromatic heterocycles. The average molecular weight is 109 g/mol. The van der Waals surface area contributed by atoms with Gasteiger partial charge >= 0.3 is 0 Å². The molecule has 0 saturated heterocycles. The van der Waals surface area contributed by atoms with Crippen molar-refractivity contribution in [2.45, 2.75) is 0 Å². The van der Waals surface area contributed by atoms with Gasteiger partial charge in [0.15, 0.2) is 11.2 Å². The Morgan fingerprint density at radius 2 is 2.86 bits per heavy atom. The van der Waals surface area contributed by atoms with Crippen LogP contribution in [-0.4, -0.2) is 4.98 Å². The number of thiazole rings is 1. The van der Waals surface area contributed by atoms with Gasteiger partial charge in [0.25, 0.3) is 0 Å². The van der Waals surface area contributed by atoms with Crippen molar-refractivity contribution in [3.8, 4) is 6.07 Å². The summed E-state index contributed by atoms with van der Waals surface area (Å²) in [6.45, 7) is 0. The predicted octanol–water partition coefficient (Wildman–Crippen LogP) is 0.815. The second kappa shape index (κ2) is 1.71. The highest BCUT2D eigenvalue weighted by Gasteiger charge is 1.85. The lowest BCUT2D eigenvalue weighted by Gasteiger charge is -1.61. The lowest BCUT2D eigenvalue weighted by Crippen LogP contribution is -1.64. The van der Waals surface area contributed by atoms with E-state index in [1.807, 2.05) is 6.07 Å². The summed E-state index contributed by atoms with van der Waals surface area (Å²) < 4.78 is 0. The molecule has 1 heterocycles. The average Bonchev–Trinajstić information content (AvgIpc) is 2.14. The van der Waals surface area contributed by atoms with Crippen molar-refractivity contribution < 1.29 is 0 Å². The number of hydrogen-bond donors (Lipinski definition) is 0. The zero-order chi connectivity index (χ0) is 5.11. The van der Waals surface area contributed by atoms with E-state index in [0.29, 0.717) is 5.69 Å². The minimum absolute atomic E-state index is 0.449. The summed E-state index contributed by atoms with van der Waals surface area (Å²) in [6.07, 6.45) is 0. The van der Waals surface area contributed by atoms with Gasteiger partial charge in [0, 0.05) is 5.38 Å². The first-order valence-electron chi connectivity index (χ1n) is 1.65. The molecule has 0 bridgehead atoms. The quantitative estimate of drug-likeness (QED) is 0.494. The minimum Gasteiger partial charge on any atom is -0.223 e. The smallest absolute Gasteiger partial charge is 0.153 e. The molecule has 7 heavy (non-hydrogen) atoms. The second-order valence-electron chi connectivity index (χ2n) is 0.936. The molecule has 0 aliphatic heterocycles. The number of nitrogens with zero attached hydrogens (tertiary/aromatic N) is 2. The fraction of sp³-hybridized carbons (Fsp3) is 0. The molecule has 1 rings (SSSR count).